The number of carbonyl (C=O) groups excluding carboxylic acids is 1. The van der Waals surface area contributed by atoms with Crippen LogP contribution in [0, 0.1) is 5.82 Å². The Kier molecular flexibility index (Phi) is 3.22. The fourth-order valence-corrected chi connectivity index (χ4v) is 2.01. The molecule has 0 spiro atoms. The summed E-state index contributed by atoms with van der Waals surface area (Å²) in [5, 5.41) is 9.53. The summed E-state index contributed by atoms with van der Waals surface area (Å²) in [5.74, 6) is 0.740. The first-order chi connectivity index (χ1) is 9.63. The monoisotopic (exact) mass is 274 g/mol. The zero-order valence-electron chi connectivity index (χ0n) is 11.1. The smallest absolute Gasteiger partial charge is 0.291 e. The third-order valence-electron chi connectivity index (χ3n) is 3.39. The van der Waals surface area contributed by atoms with Gasteiger partial charge < -0.3 is 5.32 Å². The number of carbonyl (C=O) groups is 1. The normalized spacial score (nSPS) is 15.9. The number of nitrogens with zero attached hydrogens (tertiary/aromatic N) is 2. The molecule has 1 amide bonds. The molecule has 2 aromatic rings. The van der Waals surface area contributed by atoms with E-state index in [0.29, 0.717) is 5.92 Å². The van der Waals surface area contributed by atoms with E-state index in [4.69, 9.17) is 0 Å². The zero-order chi connectivity index (χ0) is 14.1. The summed E-state index contributed by atoms with van der Waals surface area (Å²) in [6.07, 6.45) is 2.20. The second kappa shape index (κ2) is 5.03. The second-order valence-corrected chi connectivity index (χ2v) is 5.07. The Balaban J connectivity index is 1.66. The van der Waals surface area contributed by atoms with E-state index in [9.17, 15) is 9.18 Å². The lowest BCUT2D eigenvalue weighted by atomic mass is 10.1. The van der Waals surface area contributed by atoms with Crippen LogP contribution in [-0.4, -0.2) is 21.1 Å². The van der Waals surface area contributed by atoms with E-state index in [1.165, 1.54) is 12.1 Å². The van der Waals surface area contributed by atoms with Crippen molar-refractivity contribution in [1.82, 2.24) is 20.5 Å². The topological polar surface area (TPSA) is 70.7 Å². The molecule has 20 heavy (non-hydrogen) atoms. The quantitative estimate of drug-likeness (QED) is 0.898. The first kappa shape index (κ1) is 12.8. The molecule has 1 saturated carbocycles. The largest absolute Gasteiger partial charge is 0.343 e. The van der Waals surface area contributed by atoms with Gasteiger partial charge in [-0.05, 0) is 37.5 Å². The molecule has 1 fully saturated rings. The average Bonchev–Trinajstić information content (AvgIpc) is 3.17. The van der Waals surface area contributed by atoms with E-state index in [-0.39, 0.29) is 23.6 Å². The Labute approximate surface area is 115 Å². The molecule has 5 nitrogen and oxygen atoms in total. The number of H-pyrrole nitrogens is 1. The van der Waals surface area contributed by atoms with Crippen molar-refractivity contribution < 1.29 is 9.18 Å². The molecule has 104 valence electrons. The minimum absolute atomic E-state index is 0.154. The SMILES string of the molecule is CC(NC(=O)c1n[nH]c(C2CC2)n1)c1ccc(F)cc1. The summed E-state index contributed by atoms with van der Waals surface area (Å²) in [6, 6.07) is 5.80. The molecule has 1 unspecified atom stereocenters. The highest BCUT2D eigenvalue weighted by Gasteiger charge is 2.28. The van der Waals surface area contributed by atoms with Gasteiger partial charge in [-0.25, -0.2) is 9.37 Å². The molecule has 1 atom stereocenters. The van der Waals surface area contributed by atoms with Crippen molar-refractivity contribution in [2.75, 3.05) is 0 Å². The van der Waals surface area contributed by atoms with Crippen LogP contribution in [0.1, 0.15) is 53.7 Å². The lowest BCUT2D eigenvalue weighted by Gasteiger charge is -2.12. The van der Waals surface area contributed by atoms with E-state index in [2.05, 4.69) is 20.5 Å². The van der Waals surface area contributed by atoms with Crippen LogP contribution in [0.15, 0.2) is 24.3 Å². The molecular weight excluding hydrogens is 259 g/mol. The number of hydrogen-bond donors (Lipinski definition) is 2. The Morgan fingerprint density at radius 2 is 2.10 bits per heavy atom. The predicted molar refractivity (Wildman–Crippen MR) is 70.6 cm³/mol. The van der Waals surface area contributed by atoms with Gasteiger partial charge in [0.05, 0.1) is 6.04 Å². The van der Waals surface area contributed by atoms with Gasteiger partial charge in [-0.1, -0.05) is 12.1 Å². The number of amides is 1. The van der Waals surface area contributed by atoms with Crippen LogP contribution in [0.4, 0.5) is 4.39 Å². The lowest BCUT2D eigenvalue weighted by molar-refractivity contribution is 0.0929. The Morgan fingerprint density at radius 3 is 2.75 bits per heavy atom. The number of halogens is 1. The van der Waals surface area contributed by atoms with Crippen molar-refractivity contribution in [1.29, 1.82) is 0 Å². The number of nitrogens with one attached hydrogen (secondary N) is 2. The fraction of sp³-hybridized carbons (Fsp3) is 0.357. The number of rotatable bonds is 4. The molecule has 0 aliphatic heterocycles. The van der Waals surface area contributed by atoms with Gasteiger partial charge in [0, 0.05) is 5.92 Å². The maximum absolute atomic E-state index is 12.9. The molecule has 0 bridgehead atoms. The molecule has 0 saturated heterocycles. The first-order valence-corrected chi connectivity index (χ1v) is 6.62. The average molecular weight is 274 g/mol. The van der Waals surface area contributed by atoms with Crippen LogP contribution in [0.3, 0.4) is 0 Å². The summed E-state index contributed by atoms with van der Waals surface area (Å²) >= 11 is 0. The van der Waals surface area contributed by atoms with E-state index in [1.807, 2.05) is 6.92 Å². The van der Waals surface area contributed by atoms with Crippen molar-refractivity contribution in [2.45, 2.75) is 31.7 Å². The van der Waals surface area contributed by atoms with Gasteiger partial charge in [0.15, 0.2) is 0 Å². The number of aromatic amines is 1. The molecule has 1 aliphatic carbocycles. The van der Waals surface area contributed by atoms with E-state index < -0.39 is 0 Å². The van der Waals surface area contributed by atoms with Crippen molar-refractivity contribution in [3.63, 3.8) is 0 Å². The van der Waals surface area contributed by atoms with Crippen LogP contribution in [0.2, 0.25) is 0 Å². The molecule has 1 aromatic heterocycles. The van der Waals surface area contributed by atoms with Gasteiger partial charge in [-0.2, -0.15) is 0 Å². The minimum atomic E-state index is -0.329. The third kappa shape index (κ3) is 2.68. The van der Waals surface area contributed by atoms with Crippen molar-refractivity contribution in [2.24, 2.45) is 0 Å². The second-order valence-electron chi connectivity index (χ2n) is 5.07. The molecule has 2 N–H and O–H groups in total. The maximum atomic E-state index is 12.9. The van der Waals surface area contributed by atoms with Crippen LogP contribution in [0.25, 0.3) is 0 Å². The van der Waals surface area contributed by atoms with E-state index in [0.717, 1.165) is 24.2 Å². The fourth-order valence-electron chi connectivity index (χ4n) is 2.01. The number of aromatic nitrogens is 3. The number of benzene rings is 1. The first-order valence-electron chi connectivity index (χ1n) is 6.62. The summed E-state index contributed by atoms with van der Waals surface area (Å²) in [5.41, 5.74) is 0.831. The third-order valence-corrected chi connectivity index (χ3v) is 3.39. The lowest BCUT2D eigenvalue weighted by Crippen LogP contribution is -2.27. The van der Waals surface area contributed by atoms with Gasteiger partial charge in [0.2, 0.25) is 5.82 Å². The molecule has 1 aliphatic rings. The zero-order valence-corrected chi connectivity index (χ0v) is 11.1. The molecular formula is C14H15FN4O. The highest BCUT2D eigenvalue weighted by atomic mass is 19.1. The summed E-state index contributed by atoms with van der Waals surface area (Å²) < 4.78 is 12.9. The highest BCUT2D eigenvalue weighted by Crippen LogP contribution is 2.37. The highest BCUT2D eigenvalue weighted by molar-refractivity contribution is 5.90. The molecule has 1 heterocycles. The molecule has 6 heteroatoms. The van der Waals surface area contributed by atoms with Crippen LogP contribution < -0.4 is 5.32 Å². The number of hydrogen-bond acceptors (Lipinski definition) is 3. The van der Waals surface area contributed by atoms with Gasteiger partial charge in [-0.15, -0.1) is 5.10 Å². The van der Waals surface area contributed by atoms with E-state index >= 15 is 0 Å². The van der Waals surface area contributed by atoms with Crippen molar-refractivity contribution in [3.8, 4) is 0 Å². The van der Waals surface area contributed by atoms with Crippen LogP contribution in [-0.2, 0) is 0 Å². The van der Waals surface area contributed by atoms with E-state index in [1.54, 1.807) is 12.1 Å². The standard InChI is InChI=1S/C14H15FN4O/c1-8(9-4-6-11(15)7-5-9)16-14(20)13-17-12(18-19-13)10-2-3-10/h4-8,10H,2-3H2,1H3,(H,16,20)(H,17,18,19). The van der Waals surface area contributed by atoms with Crippen LogP contribution >= 0.6 is 0 Å². The van der Waals surface area contributed by atoms with Crippen molar-refractivity contribution in [3.05, 3.63) is 47.3 Å². The van der Waals surface area contributed by atoms with Crippen molar-refractivity contribution >= 4 is 5.91 Å². The van der Waals surface area contributed by atoms with Gasteiger partial charge in [0.1, 0.15) is 11.6 Å². The summed E-state index contributed by atoms with van der Waals surface area (Å²) in [6.45, 7) is 1.83. The summed E-state index contributed by atoms with van der Waals surface area (Å²) in [7, 11) is 0. The van der Waals surface area contributed by atoms with Crippen LogP contribution in [0.5, 0.6) is 0 Å². The Hall–Kier alpha value is -2.24. The van der Waals surface area contributed by atoms with Gasteiger partial charge in [-0.3, -0.25) is 9.89 Å². The Morgan fingerprint density at radius 1 is 1.40 bits per heavy atom. The molecule has 1 aromatic carbocycles. The molecule has 0 radical (unpaired) electrons. The predicted octanol–water partition coefficient (Wildman–Crippen LogP) is 2.31. The maximum Gasteiger partial charge on any atom is 0.291 e. The summed E-state index contributed by atoms with van der Waals surface area (Å²) in [4.78, 5) is 16.2. The van der Waals surface area contributed by atoms with Gasteiger partial charge >= 0.3 is 0 Å². The van der Waals surface area contributed by atoms with Gasteiger partial charge in [0.25, 0.3) is 5.91 Å². The molecule has 3 rings (SSSR count). The Bertz CT molecular complexity index is 618. The minimum Gasteiger partial charge on any atom is -0.343 e.